The lowest BCUT2D eigenvalue weighted by Crippen LogP contribution is -2.56. The van der Waals surface area contributed by atoms with Gasteiger partial charge in [-0.05, 0) is 38.2 Å². The molecule has 0 radical (unpaired) electrons. The Labute approximate surface area is 111 Å². The van der Waals surface area contributed by atoms with Gasteiger partial charge in [-0.15, -0.1) is 0 Å². The van der Waals surface area contributed by atoms with Crippen molar-refractivity contribution in [1.82, 2.24) is 0 Å². The van der Waals surface area contributed by atoms with Gasteiger partial charge >= 0.3 is 0 Å². The van der Waals surface area contributed by atoms with Crippen LogP contribution in [-0.2, 0) is 6.42 Å². The van der Waals surface area contributed by atoms with Crippen LogP contribution >= 0.6 is 0 Å². The van der Waals surface area contributed by atoms with Crippen LogP contribution < -0.4 is 9.91 Å². The van der Waals surface area contributed by atoms with E-state index in [9.17, 15) is 4.91 Å². The Bertz CT molecular complexity index is 512. The monoisotopic (exact) mass is 265 g/mol. The average molecular weight is 265 g/mol. The number of nitrogens with one attached hydrogen (secondary N) is 1. The molecule has 19 heavy (non-hydrogen) atoms. The Hall–Kier alpha value is -1.46. The Morgan fingerprint density at radius 1 is 1.47 bits per heavy atom. The zero-order chi connectivity index (χ0) is 12.9. The molecule has 2 atom stereocenters. The second kappa shape index (κ2) is 4.58. The second-order valence-corrected chi connectivity index (χ2v) is 5.97. The van der Waals surface area contributed by atoms with E-state index in [1.807, 2.05) is 31.2 Å². The van der Waals surface area contributed by atoms with Crippen LogP contribution in [0.1, 0.15) is 37.3 Å². The van der Waals surface area contributed by atoms with Gasteiger partial charge in [0, 0.05) is 40.3 Å². The van der Waals surface area contributed by atoms with Gasteiger partial charge in [0.25, 0.3) is 5.69 Å². The third kappa shape index (κ3) is 2.35. The number of aliphatic hydroxyl groups is 1. The smallest absolute Gasteiger partial charge is 0.257 e. The lowest BCUT2D eigenvalue weighted by molar-refractivity contribution is -0.380. The minimum absolute atomic E-state index is 0. The molecule has 3 rings (SSSR count). The predicted molar refractivity (Wildman–Crippen MR) is 68.7 cm³/mol. The first kappa shape index (κ1) is 14.0. The topological polar surface area (TPSA) is 90.5 Å². The summed E-state index contributed by atoms with van der Waals surface area (Å²) in [7, 11) is 0. The highest BCUT2D eigenvalue weighted by Crippen LogP contribution is 2.51. The zero-order valence-corrected chi connectivity index (χ0v) is 11.1. The second-order valence-electron chi connectivity index (χ2n) is 5.97. The van der Waals surface area contributed by atoms with Crippen LogP contribution in [0.5, 0.6) is 5.75 Å². The van der Waals surface area contributed by atoms with E-state index in [2.05, 4.69) is 0 Å². The van der Waals surface area contributed by atoms with Crippen LogP contribution in [0, 0.1) is 10.8 Å². The van der Waals surface area contributed by atoms with Crippen LogP contribution in [0.4, 0.5) is 5.69 Å². The maximum atomic E-state index is 11.1. The van der Waals surface area contributed by atoms with Crippen LogP contribution in [0.2, 0.25) is 0 Å². The quantitative estimate of drug-likeness (QED) is 0.845. The van der Waals surface area contributed by atoms with Gasteiger partial charge in [-0.2, -0.15) is 0 Å². The van der Waals surface area contributed by atoms with Crippen molar-refractivity contribution in [3.05, 3.63) is 28.2 Å². The number of aliphatic hydroxyl groups excluding tert-OH is 1. The van der Waals surface area contributed by atoms with Crippen molar-refractivity contribution in [2.24, 2.45) is 5.92 Å². The van der Waals surface area contributed by atoms with Gasteiger partial charge < -0.3 is 15.3 Å². The molecular formula is C14H19NO4. The van der Waals surface area contributed by atoms with Gasteiger partial charge in [-0.3, -0.25) is 0 Å². The van der Waals surface area contributed by atoms with E-state index in [1.165, 1.54) is 0 Å². The molecule has 1 heterocycles. The molecule has 5 heteroatoms. The summed E-state index contributed by atoms with van der Waals surface area (Å²) in [6, 6.07) is 3.88. The van der Waals surface area contributed by atoms with Gasteiger partial charge in [-0.25, -0.2) is 0 Å². The molecule has 1 aromatic rings. The minimum atomic E-state index is -0.193. The highest BCUT2D eigenvalue weighted by atomic mass is 16.5. The molecular weight excluding hydrogens is 246 g/mol. The van der Waals surface area contributed by atoms with Crippen molar-refractivity contribution in [2.75, 3.05) is 6.61 Å². The lowest BCUT2D eigenvalue weighted by Gasteiger charge is -2.16. The van der Waals surface area contributed by atoms with E-state index in [4.69, 9.17) is 9.84 Å². The molecule has 1 fully saturated rings. The molecule has 0 saturated heterocycles. The third-order valence-corrected chi connectivity index (χ3v) is 3.90. The Kier molecular flexibility index (Phi) is 3.36. The molecule has 1 aliphatic carbocycles. The van der Waals surface area contributed by atoms with Crippen molar-refractivity contribution in [1.29, 1.82) is 0 Å². The third-order valence-electron chi connectivity index (χ3n) is 3.90. The summed E-state index contributed by atoms with van der Waals surface area (Å²) in [6.07, 6.45) is 1.78. The largest absolute Gasteiger partial charge is 0.870 e. The molecule has 104 valence electrons. The summed E-state index contributed by atoms with van der Waals surface area (Å²) >= 11 is 0. The van der Waals surface area contributed by atoms with Gasteiger partial charge in [0.2, 0.25) is 0 Å². The van der Waals surface area contributed by atoms with Gasteiger partial charge in [0.05, 0.1) is 0 Å². The van der Waals surface area contributed by atoms with Crippen molar-refractivity contribution in [2.45, 2.75) is 38.2 Å². The fraction of sp³-hybridized carbons (Fsp3) is 0.571. The van der Waals surface area contributed by atoms with E-state index in [-0.39, 0.29) is 17.7 Å². The first-order valence-electron chi connectivity index (χ1n) is 6.39. The molecule has 0 unspecified atom stereocenters. The van der Waals surface area contributed by atoms with Crippen LogP contribution in [0.3, 0.4) is 0 Å². The molecule has 0 aromatic heterocycles. The summed E-state index contributed by atoms with van der Waals surface area (Å²) in [5, 5.41) is 11.2. The van der Waals surface area contributed by atoms with Crippen LogP contribution in [0.15, 0.2) is 12.1 Å². The van der Waals surface area contributed by atoms with Crippen molar-refractivity contribution < 1.29 is 20.5 Å². The summed E-state index contributed by atoms with van der Waals surface area (Å²) in [6.45, 7) is 4.28. The van der Waals surface area contributed by atoms with E-state index in [0.29, 0.717) is 17.5 Å². The number of hydrogen-bond donors (Lipinski definition) is 2. The van der Waals surface area contributed by atoms with E-state index in [0.717, 1.165) is 29.7 Å². The van der Waals surface area contributed by atoms with Crippen LogP contribution in [-0.4, -0.2) is 22.8 Å². The number of rotatable bonds is 3. The molecule has 1 aromatic carbocycles. The van der Waals surface area contributed by atoms with Gasteiger partial charge in [0.1, 0.15) is 11.4 Å². The van der Waals surface area contributed by atoms with Crippen molar-refractivity contribution in [3.8, 4) is 5.75 Å². The Morgan fingerprint density at radius 2 is 2.21 bits per heavy atom. The Balaban J connectivity index is 0.00000133. The number of hydrogen-bond acceptors (Lipinski definition) is 4. The van der Waals surface area contributed by atoms with Crippen LogP contribution in [0.25, 0.3) is 0 Å². The molecule has 0 amide bonds. The van der Waals surface area contributed by atoms with E-state index >= 15 is 0 Å². The van der Waals surface area contributed by atoms with Gasteiger partial charge in [0.15, 0.2) is 0 Å². The molecule has 0 spiro atoms. The maximum absolute atomic E-state index is 11.1. The lowest BCUT2D eigenvalue weighted by atomic mass is 9.98. The highest BCUT2D eigenvalue weighted by Gasteiger charge is 2.42. The summed E-state index contributed by atoms with van der Waals surface area (Å²) in [5.74, 6) is 1.48. The molecule has 2 aliphatic rings. The predicted octanol–water partition coefficient (Wildman–Crippen LogP) is 0.798. The number of benzene rings is 1. The number of nitroso groups, excluding NO2 is 1. The standard InChI is InChI=1S/C14H17NO3.H2O/c1-14(2)6-8-4-12(15-17)11(5-13(8)18-14)10-3-9(10)7-16;/h4-5,9-10,16H,3,6-7H2,1-2H3;1H2/t9-,10+;/m0./s1. The maximum Gasteiger partial charge on any atom is 0.257 e. The zero-order valence-electron chi connectivity index (χ0n) is 11.1. The molecule has 1 aliphatic heterocycles. The Morgan fingerprint density at radius 3 is 2.79 bits per heavy atom. The van der Waals surface area contributed by atoms with E-state index in [1.54, 1.807) is 0 Å². The van der Waals surface area contributed by atoms with E-state index < -0.39 is 0 Å². The summed E-state index contributed by atoms with van der Waals surface area (Å²) in [4.78, 5) is 11.1. The van der Waals surface area contributed by atoms with Crippen molar-refractivity contribution in [3.63, 3.8) is 0 Å². The first-order chi connectivity index (χ1) is 8.54. The molecule has 3 N–H and O–H groups in total. The average Bonchev–Trinajstić information content (AvgIpc) is 3.03. The highest BCUT2D eigenvalue weighted by molar-refractivity contribution is 5.55. The minimum Gasteiger partial charge on any atom is -0.870 e. The normalized spacial score (nSPS) is 26.1. The number of fused-ring (bicyclic) bond motifs is 1. The van der Waals surface area contributed by atoms with Gasteiger partial charge in [-0.1, -0.05) is 0 Å². The number of ether oxygens (including phenoxy) is 1. The molecule has 5 nitrogen and oxygen atoms in total. The summed E-state index contributed by atoms with van der Waals surface area (Å²) in [5.41, 5.74) is 2.51. The molecule has 1 saturated carbocycles. The SMILES string of the molecule is CC1(C)Cc2cc([NH+]=O)c([C@@H]3C[C@H]3CO)cc2O1.[OH-]. The first-order valence-corrected chi connectivity index (χ1v) is 6.39. The summed E-state index contributed by atoms with van der Waals surface area (Å²) < 4.78 is 5.89. The fourth-order valence-electron chi connectivity index (χ4n) is 2.89. The molecule has 0 bridgehead atoms. The fourth-order valence-corrected chi connectivity index (χ4v) is 2.89. The van der Waals surface area contributed by atoms with Crippen molar-refractivity contribution >= 4 is 5.69 Å².